The lowest BCUT2D eigenvalue weighted by Gasteiger charge is -2.34. The third-order valence-corrected chi connectivity index (χ3v) is 24.1. The van der Waals surface area contributed by atoms with E-state index in [0.717, 1.165) is 99.8 Å². The van der Waals surface area contributed by atoms with E-state index < -0.39 is 10.8 Å². The highest BCUT2D eigenvalue weighted by Crippen LogP contribution is 2.61. The molecule has 0 bridgehead atoms. The van der Waals surface area contributed by atoms with Crippen LogP contribution < -0.4 is 0 Å². The van der Waals surface area contributed by atoms with Crippen LogP contribution in [-0.4, -0.2) is 29.9 Å². The van der Waals surface area contributed by atoms with Crippen molar-refractivity contribution in [3.63, 3.8) is 0 Å². The van der Waals surface area contributed by atoms with Gasteiger partial charge in [0.25, 0.3) is 0 Å². The number of rotatable bonds is 15. The maximum atomic E-state index is 5.47. The smallest absolute Gasteiger partial charge is 0.164 e. The molecule has 0 amide bonds. The van der Waals surface area contributed by atoms with Crippen molar-refractivity contribution in [2.24, 2.45) is 0 Å². The monoisotopic (exact) mass is 1500 g/mol. The van der Waals surface area contributed by atoms with Gasteiger partial charge in [-0.25, -0.2) is 29.9 Å². The molecule has 0 saturated carbocycles. The van der Waals surface area contributed by atoms with Crippen LogP contribution in [0.3, 0.4) is 0 Å². The van der Waals surface area contributed by atoms with Gasteiger partial charge in [0, 0.05) is 33.4 Å². The first-order valence-electron chi connectivity index (χ1n) is 40.3. The lowest BCUT2D eigenvalue weighted by molar-refractivity contribution is 0.769. The van der Waals surface area contributed by atoms with E-state index in [0.29, 0.717) is 34.9 Å². The van der Waals surface area contributed by atoms with Gasteiger partial charge in [0.05, 0.1) is 10.8 Å². The van der Waals surface area contributed by atoms with Crippen molar-refractivity contribution in [3.8, 4) is 146 Å². The van der Waals surface area contributed by atoms with Crippen LogP contribution in [0.1, 0.15) is 44.5 Å². The van der Waals surface area contributed by atoms with Crippen molar-refractivity contribution in [2.75, 3.05) is 0 Å². The van der Waals surface area contributed by atoms with Crippen molar-refractivity contribution in [2.45, 2.75) is 10.8 Å². The molecule has 2 aromatic heterocycles. The Balaban J connectivity index is 0.648. The molecule has 0 spiro atoms. The summed E-state index contributed by atoms with van der Waals surface area (Å²) in [5, 5.41) is 4.75. The molecule has 20 aromatic rings. The van der Waals surface area contributed by atoms with E-state index in [1.165, 1.54) is 77.5 Å². The highest BCUT2D eigenvalue weighted by atomic mass is 15.0. The lowest BCUT2D eigenvalue weighted by Crippen LogP contribution is -2.28. The van der Waals surface area contributed by atoms with Gasteiger partial charge in [-0.2, -0.15) is 0 Å². The highest BCUT2D eigenvalue weighted by molar-refractivity contribution is 6.03. The number of hydrogen-bond donors (Lipinski definition) is 0. The van der Waals surface area contributed by atoms with Crippen molar-refractivity contribution >= 4 is 21.5 Å². The van der Waals surface area contributed by atoms with Crippen LogP contribution in [0.15, 0.2) is 437 Å². The molecular weight excluding hydrogens is 1430 g/mol. The van der Waals surface area contributed by atoms with Crippen LogP contribution in [0, 0.1) is 0 Å². The Morgan fingerprint density at radius 2 is 0.466 bits per heavy atom. The molecule has 0 atom stereocenters. The minimum Gasteiger partial charge on any atom is -0.208 e. The summed E-state index contributed by atoms with van der Waals surface area (Å²) in [5.41, 5.74) is 29.7. The minimum atomic E-state index is -0.672. The van der Waals surface area contributed by atoms with Gasteiger partial charge in [-0.3, -0.25) is 0 Å². The van der Waals surface area contributed by atoms with Crippen molar-refractivity contribution in [3.05, 3.63) is 481 Å². The van der Waals surface area contributed by atoms with E-state index >= 15 is 0 Å². The maximum Gasteiger partial charge on any atom is 0.164 e. The predicted octanol–water partition coefficient (Wildman–Crippen LogP) is 27.4. The van der Waals surface area contributed by atoms with Gasteiger partial charge < -0.3 is 0 Å². The maximum absolute atomic E-state index is 5.47. The quantitative estimate of drug-likeness (QED) is 0.102. The molecule has 2 heterocycles. The Morgan fingerprint density at radius 1 is 0.144 bits per heavy atom. The molecule has 0 radical (unpaired) electrons. The summed E-state index contributed by atoms with van der Waals surface area (Å²) < 4.78 is 0. The molecular formula is C112H72N6. The van der Waals surface area contributed by atoms with E-state index in [9.17, 15) is 0 Å². The molecule has 0 unspecified atom stereocenters. The molecule has 18 aromatic carbocycles. The van der Waals surface area contributed by atoms with Crippen LogP contribution in [0.4, 0.5) is 0 Å². The second kappa shape index (κ2) is 28.9. The van der Waals surface area contributed by atoms with E-state index in [-0.39, 0.29) is 0 Å². The first-order valence-corrected chi connectivity index (χ1v) is 40.3. The number of benzene rings is 18. The number of hydrogen-bond acceptors (Lipinski definition) is 6. The van der Waals surface area contributed by atoms with E-state index in [1.807, 2.05) is 42.5 Å². The molecule has 6 nitrogen and oxygen atoms in total. The van der Waals surface area contributed by atoms with Crippen LogP contribution in [0.25, 0.3) is 168 Å². The van der Waals surface area contributed by atoms with Gasteiger partial charge in [0.15, 0.2) is 34.9 Å². The Hall–Kier alpha value is -15.5. The average Bonchev–Trinajstić information content (AvgIpc) is 1.54. The summed E-state index contributed by atoms with van der Waals surface area (Å²) in [7, 11) is 0. The SMILES string of the molecule is c1ccc(-c2cccc(-c3nc(-c4ccccc4)nc(-c4cccc(-c5ccc6c(c5)-c5cc7ccc(-c8ccc(-c9nc(-c%10ccccc%10)nc(-c%10cccc(-c%11ccc%12c(c%11)-c%11ccc%13ccccc%13c%11C%12(c%11ccccc%11)c%11ccccc%11)c%10)n9)cc8-c8ccccc8)cc7cc5C6(c5ccccc5)c5ccccc5)c4)n3)c2)cc1. The standard InChI is InChI=1S/C112H72N6/c1-9-30-73(31-10-1)78-39-27-42-85(64-78)107-113-105(76-35-13-3-14-36-76)114-108(117-107)86-43-29-41-80(66-86)82-58-62-101-99(69-82)100-70-83-54-55-84(67-89(83)72-103(100)111(101,90-45-17-5-18-46-90)91-47-19-6-20-48-91)94-60-57-88(71-97(94)74-32-11-2-12-33-74)110-116-106(77-37-15-4-16-38-77)115-109(118-110)87-44-28-40-79(65-87)81-59-63-102-98(68-81)96-61-56-75-34-25-26-53-95(75)104(96)112(102,92-49-21-7-22-50-92)93-51-23-8-24-52-93/h1-72H. The first-order chi connectivity index (χ1) is 58.4. The Labute approximate surface area is 685 Å². The summed E-state index contributed by atoms with van der Waals surface area (Å²) in [6.07, 6.45) is 0. The molecule has 0 saturated heterocycles. The molecule has 118 heavy (non-hydrogen) atoms. The van der Waals surface area contributed by atoms with E-state index in [4.69, 9.17) is 29.9 Å². The normalized spacial score (nSPS) is 12.7. The Kier molecular flexibility index (Phi) is 16.9. The highest BCUT2D eigenvalue weighted by Gasteiger charge is 2.49. The van der Waals surface area contributed by atoms with Gasteiger partial charge in [-0.05, 0) is 199 Å². The summed E-state index contributed by atoms with van der Waals surface area (Å²) in [6, 6.07) is 158. The zero-order valence-electron chi connectivity index (χ0n) is 64.3. The van der Waals surface area contributed by atoms with Gasteiger partial charge >= 0.3 is 0 Å². The number of nitrogens with zero attached hydrogens (tertiary/aromatic N) is 6. The molecule has 2 aliphatic carbocycles. The molecule has 550 valence electrons. The molecule has 0 fully saturated rings. The largest absolute Gasteiger partial charge is 0.208 e. The van der Waals surface area contributed by atoms with Crippen LogP contribution in [0.5, 0.6) is 0 Å². The van der Waals surface area contributed by atoms with Gasteiger partial charge in [-0.15, -0.1) is 0 Å². The third-order valence-electron chi connectivity index (χ3n) is 24.1. The van der Waals surface area contributed by atoms with E-state index in [2.05, 4.69) is 394 Å². The molecule has 6 heteroatoms. The minimum absolute atomic E-state index is 0.560. The summed E-state index contributed by atoms with van der Waals surface area (Å²) in [4.78, 5) is 31.8. The summed E-state index contributed by atoms with van der Waals surface area (Å²) >= 11 is 0. The molecule has 0 N–H and O–H groups in total. The fourth-order valence-electron chi connectivity index (χ4n) is 18.7. The zero-order chi connectivity index (χ0) is 78.1. The van der Waals surface area contributed by atoms with Crippen LogP contribution >= 0.6 is 0 Å². The van der Waals surface area contributed by atoms with Crippen molar-refractivity contribution in [1.29, 1.82) is 0 Å². The Morgan fingerprint density at radius 3 is 0.958 bits per heavy atom. The van der Waals surface area contributed by atoms with E-state index in [1.54, 1.807) is 0 Å². The molecule has 22 rings (SSSR count). The molecule has 0 aliphatic heterocycles. The second-order valence-corrected chi connectivity index (χ2v) is 30.7. The third kappa shape index (κ3) is 11.8. The summed E-state index contributed by atoms with van der Waals surface area (Å²) in [5.74, 6) is 3.58. The fourth-order valence-corrected chi connectivity index (χ4v) is 18.7. The molecule has 2 aliphatic rings. The van der Waals surface area contributed by atoms with Crippen LogP contribution in [0.2, 0.25) is 0 Å². The van der Waals surface area contributed by atoms with Gasteiger partial charge in [0.2, 0.25) is 0 Å². The summed E-state index contributed by atoms with van der Waals surface area (Å²) in [6.45, 7) is 0. The topological polar surface area (TPSA) is 77.3 Å². The number of aromatic nitrogens is 6. The van der Waals surface area contributed by atoms with Crippen molar-refractivity contribution in [1.82, 2.24) is 29.9 Å². The lowest BCUT2D eigenvalue weighted by atomic mass is 9.66. The Bertz CT molecular complexity index is 7190. The second-order valence-electron chi connectivity index (χ2n) is 30.7. The number of fused-ring (bicyclic) bond motifs is 9. The average molecular weight is 1500 g/mol. The van der Waals surface area contributed by atoms with Gasteiger partial charge in [0.1, 0.15) is 0 Å². The van der Waals surface area contributed by atoms with Gasteiger partial charge in [-0.1, -0.05) is 382 Å². The zero-order valence-corrected chi connectivity index (χ0v) is 64.3. The fraction of sp³-hybridized carbons (Fsp3) is 0.0179. The van der Waals surface area contributed by atoms with Crippen molar-refractivity contribution < 1.29 is 0 Å². The first kappa shape index (κ1) is 69.2. The predicted molar refractivity (Wildman–Crippen MR) is 483 cm³/mol. The van der Waals surface area contributed by atoms with Crippen LogP contribution in [-0.2, 0) is 10.8 Å².